The molecule has 1 nitrogen and oxygen atoms in total. The lowest BCUT2D eigenvalue weighted by atomic mass is 10.2. The van der Waals surface area contributed by atoms with E-state index in [0.29, 0.717) is 0 Å². The van der Waals surface area contributed by atoms with E-state index in [1.165, 1.54) is 0 Å². The lowest BCUT2D eigenvalue weighted by Crippen LogP contribution is -1.88. The van der Waals surface area contributed by atoms with Gasteiger partial charge in [-0.1, -0.05) is 0 Å². The molecule has 0 aliphatic heterocycles. The molecule has 0 aromatic heterocycles. The average molecular weight is 141 g/mol. The number of carbonyl (C=O) groups is 1. The number of benzene rings is 1. The lowest BCUT2D eigenvalue weighted by molar-refractivity contribution is 0.111. The maximum Gasteiger partial charge on any atom is 0.153 e. The summed E-state index contributed by atoms with van der Waals surface area (Å²) >= 11 is 0. The predicted octanol–water partition coefficient (Wildman–Crippen LogP) is 1.58. The Balaban J connectivity index is 3.21. The van der Waals surface area contributed by atoms with E-state index in [1.54, 1.807) is 0 Å². The fraction of sp³-hybridized carbons (Fsp3) is 0. The van der Waals surface area contributed by atoms with Crippen LogP contribution >= 0.6 is 0 Å². The topological polar surface area (TPSA) is 17.1 Å². The molecule has 0 aliphatic rings. The molecule has 0 atom stereocenters. The number of carbonyl (C=O) groups excluding carboxylic acids is 1. The number of rotatable bonds is 1. The molecule has 0 saturated heterocycles. The van der Waals surface area contributed by atoms with Crippen molar-refractivity contribution < 1.29 is 13.6 Å². The molecule has 0 fully saturated rings. The molecule has 1 radical (unpaired) electrons. The molecular weight excluding hydrogens is 138 g/mol. The molecule has 0 amide bonds. The summed E-state index contributed by atoms with van der Waals surface area (Å²) in [5, 5.41) is 0. The maximum atomic E-state index is 12.3. The summed E-state index contributed by atoms with van der Waals surface area (Å²) in [6.45, 7) is 0. The molecule has 0 spiro atoms. The number of aldehydes is 1. The number of halogens is 2. The van der Waals surface area contributed by atoms with Gasteiger partial charge in [0.25, 0.3) is 0 Å². The highest BCUT2D eigenvalue weighted by Crippen LogP contribution is 2.05. The molecule has 0 heterocycles. The van der Waals surface area contributed by atoms with Crippen LogP contribution in [0.2, 0.25) is 0 Å². The highest BCUT2D eigenvalue weighted by atomic mass is 19.1. The van der Waals surface area contributed by atoms with Crippen LogP contribution in [0.5, 0.6) is 0 Å². The van der Waals surface area contributed by atoms with Gasteiger partial charge in [-0.15, -0.1) is 0 Å². The molecule has 10 heavy (non-hydrogen) atoms. The maximum absolute atomic E-state index is 12.3. The van der Waals surface area contributed by atoms with E-state index in [0.717, 1.165) is 12.1 Å². The van der Waals surface area contributed by atoms with Crippen LogP contribution in [0.1, 0.15) is 10.4 Å². The van der Waals surface area contributed by atoms with Crippen molar-refractivity contribution in [2.45, 2.75) is 0 Å². The molecule has 0 unspecified atom stereocenters. The molecule has 0 bridgehead atoms. The van der Waals surface area contributed by atoms with Gasteiger partial charge in [0, 0.05) is 6.07 Å². The highest BCUT2D eigenvalue weighted by Gasteiger charge is 2.00. The van der Waals surface area contributed by atoms with Gasteiger partial charge in [0.05, 0.1) is 5.56 Å². The Labute approximate surface area is 56.3 Å². The smallest absolute Gasteiger partial charge is 0.153 e. The first kappa shape index (κ1) is 6.86. The third-order valence-corrected chi connectivity index (χ3v) is 1.01. The minimum absolute atomic E-state index is 0.245. The van der Waals surface area contributed by atoms with Crippen molar-refractivity contribution >= 4 is 6.29 Å². The minimum Gasteiger partial charge on any atom is -0.298 e. The van der Waals surface area contributed by atoms with E-state index < -0.39 is 11.6 Å². The van der Waals surface area contributed by atoms with Crippen molar-refractivity contribution in [1.29, 1.82) is 0 Å². The molecule has 0 aliphatic carbocycles. The number of hydrogen-bond acceptors (Lipinski definition) is 1. The van der Waals surface area contributed by atoms with Gasteiger partial charge in [-0.05, 0) is 12.1 Å². The van der Waals surface area contributed by atoms with E-state index >= 15 is 0 Å². The van der Waals surface area contributed by atoms with Gasteiger partial charge in [0.15, 0.2) is 6.29 Å². The van der Waals surface area contributed by atoms with Gasteiger partial charge >= 0.3 is 0 Å². The second-order valence-electron chi connectivity index (χ2n) is 1.71. The zero-order valence-corrected chi connectivity index (χ0v) is 4.90. The second-order valence-corrected chi connectivity index (χ2v) is 1.71. The van der Waals surface area contributed by atoms with Gasteiger partial charge < -0.3 is 0 Å². The Morgan fingerprint density at radius 3 is 2.70 bits per heavy atom. The summed E-state index contributed by atoms with van der Waals surface area (Å²) in [7, 11) is 0. The fourth-order valence-corrected chi connectivity index (χ4v) is 0.555. The summed E-state index contributed by atoms with van der Waals surface area (Å²) in [6.07, 6.45) is 0.245. The summed E-state index contributed by atoms with van der Waals surface area (Å²) < 4.78 is 24.5. The Bertz CT molecular complexity index is 258. The van der Waals surface area contributed by atoms with Crippen molar-refractivity contribution in [2.24, 2.45) is 0 Å². The molecule has 0 saturated carbocycles. The van der Waals surface area contributed by atoms with Crippen molar-refractivity contribution in [2.75, 3.05) is 0 Å². The van der Waals surface area contributed by atoms with E-state index in [1.807, 2.05) is 6.07 Å². The Kier molecular flexibility index (Phi) is 1.76. The standard InChI is InChI=1S/C7H3F2O/c8-6-1-2-7(9)5(3-6)4-10/h1,3-4H. The quantitative estimate of drug-likeness (QED) is 0.542. The van der Waals surface area contributed by atoms with Crippen LogP contribution in [0.3, 0.4) is 0 Å². The summed E-state index contributed by atoms with van der Waals surface area (Å²) in [5.74, 6) is -1.49. The first-order valence-corrected chi connectivity index (χ1v) is 2.56. The van der Waals surface area contributed by atoms with Gasteiger partial charge in [-0.3, -0.25) is 4.79 Å². The predicted molar refractivity (Wildman–Crippen MR) is 30.6 cm³/mol. The zero-order valence-electron chi connectivity index (χ0n) is 4.90. The SMILES string of the molecule is O=Cc1cc(F)c[c]c1F. The van der Waals surface area contributed by atoms with Crippen LogP contribution in [0.25, 0.3) is 0 Å². The molecular formula is C7H3F2O. The lowest BCUT2D eigenvalue weighted by Gasteiger charge is -1.90. The van der Waals surface area contributed by atoms with Gasteiger partial charge in [-0.2, -0.15) is 0 Å². The zero-order chi connectivity index (χ0) is 7.56. The third kappa shape index (κ3) is 1.18. The van der Waals surface area contributed by atoms with E-state index in [4.69, 9.17) is 0 Å². The van der Waals surface area contributed by atoms with Crippen LogP contribution in [0, 0.1) is 17.7 Å². The Hall–Kier alpha value is -1.25. The first-order chi connectivity index (χ1) is 4.74. The van der Waals surface area contributed by atoms with E-state index in [-0.39, 0.29) is 11.8 Å². The van der Waals surface area contributed by atoms with Crippen molar-refractivity contribution in [3.8, 4) is 0 Å². The van der Waals surface area contributed by atoms with Crippen LogP contribution < -0.4 is 0 Å². The first-order valence-electron chi connectivity index (χ1n) is 2.56. The van der Waals surface area contributed by atoms with Crippen LogP contribution in [0.4, 0.5) is 8.78 Å². The summed E-state index contributed by atoms with van der Waals surface area (Å²) in [6, 6.07) is 3.60. The Morgan fingerprint density at radius 2 is 2.20 bits per heavy atom. The van der Waals surface area contributed by atoms with Gasteiger partial charge in [0.2, 0.25) is 0 Å². The van der Waals surface area contributed by atoms with Crippen LogP contribution in [0.15, 0.2) is 12.1 Å². The molecule has 0 N–H and O–H groups in total. The van der Waals surface area contributed by atoms with E-state index in [9.17, 15) is 13.6 Å². The molecule has 1 aromatic carbocycles. The van der Waals surface area contributed by atoms with Gasteiger partial charge in [0.1, 0.15) is 11.6 Å². The van der Waals surface area contributed by atoms with E-state index in [2.05, 4.69) is 0 Å². The second kappa shape index (κ2) is 2.56. The fourth-order valence-electron chi connectivity index (χ4n) is 0.555. The number of hydrogen-bond donors (Lipinski definition) is 0. The average Bonchev–Trinajstić information content (AvgIpc) is 1.94. The monoisotopic (exact) mass is 141 g/mol. The largest absolute Gasteiger partial charge is 0.298 e. The summed E-state index contributed by atoms with van der Waals surface area (Å²) in [4.78, 5) is 9.95. The molecule has 3 heteroatoms. The van der Waals surface area contributed by atoms with Crippen molar-refractivity contribution in [1.82, 2.24) is 0 Å². The Morgan fingerprint density at radius 1 is 1.50 bits per heavy atom. The third-order valence-electron chi connectivity index (χ3n) is 1.01. The normalized spacial score (nSPS) is 9.40. The molecule has 1 rings (SSSR count). The summed E-state index contributed by atoms with van der Waals surface area (Å²) in [5.41, 5.74) is -0.306. The molecule has 1 aromatic rings. The van der Waals surface area contributed by atoms with Crippen molar-refractivity contribution in [3.63, 3.8) is 0 Å². The van der Waals surface area contributed by atoms with Crippen LogP contribution in [-0.2, 0) is 0 Å². The molecule has 51 valence electrons. The minimum atomic E-state index is -0.823. The van der Waals surface area contributed by atoms with Crippen molar-refractivity contribution in [3.05, 3.63) is 35.4 Å². The highest BCUT2D eigenvalue weighted by molar-refractivity contribution is 5.74. The van der Waals surface area contributed by atoms with Crippen LogP contribution in [-0.4, -0.2) is 6.29 Å². The van der Waals surface area contributed by atoms with Gasteiger partial charge in [-0.25, -0.2) is 8.78 Å².